The van der Waals surface area contributed by atoms with Gasteiger partial charge in [-0.15, -0.1) is 0 Å². The molecule has 136 valence electrons. The molecular formula is C17H22N2O6. The molecule has 1 fully saturated rings. The second-order valence-corrected chi connectivity index (χ2v) is 6.21. The van der Waals surface area contributed by atoms with Gasteiger partial charge in [0, 0.05) is 19.6 Å². The smallest absolute Gasteiger partial charge is 0.343 e. The molecule has 0 radical (unpaired) electrons. The minimum atomic E-state index is -0.891. The van der Waals surface area contributed by atoms with Crippen LogP contribution in [0.25, 0.3) is 0 Å². The highest BCUT2D eigenvalue weighted by atomic mass is 16.6. The molecular weight excluding hydrogens is 328 g/mol. The fourth-order valence-corrected chi connectivity index (χ4v) is 2.54. The summed E-state index contributed by atoms with van der Waals surface area (Å²) in [5.74, 6) is -0.871. The van der Waals surface area contributed by atoms with Crippen LogP contribution in [0.2, 0.25) is 0 Å². The van der Waals surface area contributed by atoms with Crippen molar-refractivity contribution in [3.05, 3.63) is 29.8 Å². The number of benzene rings is 1. The number of aliphatic carboxylic acids is 1. The second kappa shape index (κ2) is 7.87. The highest BCUT2D eigenvalue weighted by Gasteiger charge is 2.42. The van der Waals surface area contributed by atoms with E-state index >= 15 is 0 Å². The first-order valence-electron chi connectivity index (χ1n) is 7.89. The third-order valence-electron chi connectivity index (χ3n) is 4.20. The summed E-state index contributed by atoms with van der Waals surface area (Å²) in [6.45, 7) is 2.33. The lowest BCUT2D eigenvalue weighted by molar-refractivity contribution is -0.147. The normalized spacial score (nSPS) is 19.4. The third kappa shape index (κ3) is 4.85. The number of methoxy groups -OCH3 is 1. The minimum absolute atomic E-state index is 0.187. The van der Waals surface area contributed by atoms with Crippen LogP contribution in [0, 0.1) is 5.41 Å². The van der Waals surface area contributed by atoms with Crippen LogP contribution in [-0.4, -0.2) is 54.8 Å². The molecule has 0 saturated carbocycles. The molecule has 1 heterocycles. The first-order valence-corrected chi connectivity index (χ1v) is 7.89. The second-order valence-electron chi connectivity index (χ2n) is 6.21. The molecule has 1 aliphatic heterocycles. The summed E-state index contributed by atoms with van der Waals surface area (Å²) >= 11 is 0. The van der Waals surface area contributed by atoms with Gasteiger partial charge in [0.25, 0.3) is 0 Å². The third-order valence-corrected chi connectivity index (χ3v) is 4.20. The highest BCUT2D eigenvalue weighted by Crippen LogP contribution is 2.30. The Morgan fingerprint density at radius 3 is 2.76 bits per heavy atom. The first kappa shape index (κ1) is 18.6. The molecule has 25 heavy (non-hydrogen) atoms. The van der Waals surface area contributed by atoms with Gasteiger partial charge < -0.3 is 24.8 Å². The standard InChI is InChI=1S/C17H22N2O6/c1-17(15(21)22)6-7-19(11-17)16(23)18-9-12-4-3-5-13(8-12)25-10-14(20)24-2/h3-5,8H,6-7,9-11H2,1-2H3,(H,18,23)(H,21,22). The van der Waals surface area contributed by atoms with Gasteiger partial charge in [0.2, 0.25) is 0 Å². The van der Waals surface area contributed by atoms with Gasteiger partial charge in [-0.05, 0) is 31.0 Å². The first-order chi connectivity index (χ1) is 11.8. The molecule has 8 nitrogen and oxygen atoms in total. The van der Waals surface area contributed by atoms with Crippen molar-refractivity contribution in [2.45, 2.75) is 19.9 Å². The summed E-state index contributed by atoms with van der Waals surface area (Å²) in [5.41, 5.74) is -0.0881. The summed E-state index contributed by atoms with van der Waals surface area (Å²) in [7, 11) is 1.28. The number of carbonyl (C=O) groups excluding carboxylic acids is 2. The number of urea groups is 1. The van der Waals surface area contributed by atoms with E-state index in [0.29, 0.717) is 18.7 Å². The van der Waals surface area contributed by atoms with Gasteiger partial charge in [-0.25, -0.2) is 9.59 Å². The largest absolute Gasteiger partial charge is 0.482 e. The molecule has 2 amide bonds. The molecule has 1 aromatic rings. The molecule has 1 saturated heterocycles. The molecule has 0 bridgehead atoms. The van der Waals surface area contributed by atoms with E-state index in [1.807, 2.05) is 6.07 Å². The number of nitrogens with one attached hydrogen (secondary N) is 1. The number of carboxylic acid groups (broad SMARTS) is 1. The van der Waals surface area contributed by atoms with Crippen LogP contribution in [-0.2, 0) is 20.9 Å². The lowest BCUT2D eigenvalue weighted by Crippen LogP contribution is -2.40. The Morgan fingerprint density at radius 1 is 1.36 bits per heavy atom. The Morgan fingerprint density at radius 2 is 2.12 bits per heavy atom. The monoisotopic (exact) mass is 350 g/mol. The van der Waals surface area contributed by atoms with E-state index in [2.05, 4.69) is 10.1 Å². The maximum Gasteiger partial charge on any atom is 0.343 e. The fraction of sp³-hybridized carbons (Fsp3) is 0.471. The van der Waals surface area contributed by atoms with E-state index < -0.39 is 17.4 Å². The van der Waals surface area contributed by atoms with Crippen LogP contribution < -0.4 is 10.1 Å². The number of esters is 1. The number of carbonyl (C=O) groups is 3. The van der Waals surface area contributed by atoms with E-state index in [9.17, 15) is 19.5 Å². The van der Waals surface area contributed by atoms with Crippen LogP contribution in [0.3, 0.4) is 0 Å². The van der Waals surface area contributed by atoms with E-state index in [4.69, 9.17) is 4.74 Å². The number of hydrogen-bond acceptors (Lipinski definition) is 5. The average molecular weight is 350 g/mol. The average Bonchev–Trinajstić information content (AvgIpc) is 3.02. The molecule has 1 aliphatic rings. The topological polar surface area (TPSA) is 105 Å². The van der Waals surface area contributed by atoms with E-state index in [0.717, 1.165) is 5.56 Å². The highest BCUT2D eigenvalue weighted by molar-refractivity contribution is 5.79. The number of rotatable bonds is 6. The van der Waals surface area contributed by atoms with Gasteiger partial charge in [-0.2, -0.15) is 0 Å². The summed E-state index contributed by atoms with van der Waals surface area (Å²) in [4.78, 5) is 36.0. The molecule has 0 spiro atoms. The van der Waals surface area contributed by atoms with Gasteiger partial charge in [0.05, 0.1) is 12.5 Å². The molecule has 1 unspecified atom stereocenters. The summed E-state index contributed by atoms with van der Waals surface area (Å²) < 4.78 is 9.80. The zero-order valence-corrected chi connectivity index (χ0v) is 14.3. The maximum absolute atomic E-state index is 12.2. The van der Waals surface area contributed by atoms with Crippen molar-refractivity contribution >= 4 is 18.0 Å². The number of ether oxygens (including phenoxy) is 2. The molecule has 2 rings (SSSR count). The quantitative estimate of drug-likeness (QED) is 0.748. The Labute approximate surface area is 145 Å². The zero-order chi connectivity index (χ0) is 18.4. The van der Waals surface area contributed by atoms with Crippen molar-refractivity contribution in [3.63, 3.8) is 0 Å². The van der Waals surface area contributed by atoms with Crippen LogP contribution in [0.15, 0.2) is 24.3 Å². The number of carboxylic acids is 1. The van der Waals surface area contributed by atoms with Crippen LogP contribution in [0.5, 0.6) is 5.75 Å². The molecule has 1 aromatic carbocycles. The number of likely N-dealkylation sites (tertiary alicyclic amines) is 1. The van der Waals surface area contributed by atoms with E-state index in [1.54, 1.807) is 25.1 Å². The predicted octanol–water partition coefficient (Wildman–Crippen LogP) is 1.24. The minimum Gasteiger partial charge on any atom is -0.482 e. The summed E-state index contributed by atoms with van der Waals surface area (Å²) in [6.07, 6.45) is 0.437. The molecule has 2 N–H and O–H groups in total. The number of nitrogens with zero attached hydrogens (tertiary/aromatic N) is 1. The molecule has 0 aliphatic carbocycles. The summed E-state index contributed by atoms with van der Waals surface area (Å²) in [5, 5.41) is 12.0. The van der Waals surface area contributed by atoms with Crippen LogP contribution >= 0.6 is 0 Å². The molecule has 0 aromatic heterocycles. The van der Waals surface area contributed by atoms with Crippen molar-refractivity contribution < 1.29 is 29.0 Å². The van der Waals surface area contributed by atoms with Crippen LogP contribution in [0.1, 0.15) is 18.9 Å². The van der Waals surface area contributed by atoms with Gasteiger partial charge >= 0.3 is 18.0 Å². The van der Waals surface area contributed by atoms with Crippen molar-refractivity contribution in [3.8, 4) is 5.75 Å². The Kier molecular flexibility index (Phi) is 5.84. The van der Waals surface area contributed by atoms with Gasteiger partial charge in [0.1, 0.15) is 5.75 Å². The number of amides is 2. The van der Waals surface area contributed by atoms with Crippen LogP contribution in [0.4, 0.5) is 4.79 Å². The lowest BCUT2D eigenvalue weighted by Gasteiger charge is -2.20. The van der Waals surface area contributed by atoms with Crippen molar-refractivity contribution in [1.29, 1.82) is 0 Å². The van der Waals surface area contributed by atoms with E-state index in [-0.39, 0.29) is 25.7 Å². The maximum atomic E-state index is 12.2. The summed E-state index contributed by atoms with van der Waals surface area (Å²) in [6, 6.07) is 6.69. The van der Waals surface area contributed by atoms with Gasteiger partial charge in [-0.1, -0.05) is 12.1 Å². The number of hydrogen-bond donors (Lipinski definition) is 2. The molecule has 1 atom stereocenters. The Bertz CT molecular complexity index is 662. The van der Waals surface area contributed by atoms with Gasteiger partial charge in [-0.3, -0.25) is 4.79 Å². The Hall–Kier alpha value is -2.77. The SMILES string of the molecule is COC(=O)COc1cccc(CNC(=O)N2CCC(C)(C(=O)O)C2)c1. The van der Waals surface area contributed by atoms with Gasteiger partial charge in [0.15, 0.2) is 6.61 Å². The van der Waals surface area contributed by atoms with Crippen molar-refractivity contribution in [2.24, 2.45) is 5.41 Å². The lowest BCUT2D eigenvalue weighted by atomic mass is 9.90. The van der Waals surface area contributed by atoms with E-state index in [1.165, 1.54) is 12.0 Å². The van der Waals surface area contributed by atoms with Crippen molar-refractivity contribution in [2.75, 3.05) is 26.8 Å². The Balaban J connectivity index is 1.86. The van der Waals surface area contributed by atoms with Crippen molar-refractivity contribution in [1.82, 2.24) is 10.2 Å². The zero-order valence-electron chi connectivity index (χ0n) is 14.3. The fourth-order valence-electron chi connectivity index (χ4n) is 2.54. The molecule has 8 heteroatoms. The predicted molar refractivity (Wildman–Crippen MR) is 88.1 cm³/mol.